The first-order valence-electron chi connectivity index (χ1n) is 7.85. The molecule has 0 saturated carbocycles. The molecule has 1 aliphatic heterocycles. The molecule has 0 spiro atoms. The fourth-order valence-electron chi connectivity index (χ4n) is 2.70. The van der Waals surface area contributed by atoms with E-state index in [2.05, 4.69) is 5.32 Å². The van der Waals surface area contributed by atoms with E-state index in [1.807, 2.05) is 47.5 Å². The SMILES string of the molecule is Cc1csc(C(=O)Nc2ccc(CC(=O)N3CCCC3)cc2)c1. The highest BCUT2D eigenvalue weighted by Gasteiger charge is 2.17. The smallest absolute Gasteiger partial charge is 0.265 e. The van der Waals surface area contributed by atoms with Gasteiger partial charge in [0.2, 0.25) is 5.91 Å². The summed E-state index contributed by atoms with van der Waals surface area (Å²) in [6.07, 6.45) is 2.65. The zero-order valence-electron chi connectivity index (χ0n) is 13.2. The first-order valence-corrected chi connectivity index (χ1v) is 8.73. The summed E-state index contributed by atoms with van der Waals surface area (Å²) < 4.78 is 0. The van der Waals surface area contributed by atoms with E-state index in [4.69, 9.17) is 0 Å². The van der Waals surface area contributed by atoms with E-state index in [9.17, 15) is 9.59 Å². The van der Waals surface area contributed by atoms with Gasteiger partial charge in [-0.05, 0) is 54.5 Å². The Kier molecular flexibility index (Phi) is 4.76. The molecule has 2 amide bonds. The first-order chi connectivity index (χ1) is 11.1. The van der Waals surface area contributed by atoms with Gasteiger partial charge in [0.25, 0.3) is 5.91 Å². The molecular weight excluding hydrogens is 308 g/mol. The number of nitrogens with one attached hydrogen (secondary N) is 1. The predicted molar refractivity (Wildman–Crippen MR) is 93.0 cm³/mol. The Hall–Kier alpha value is -2.14. The summed E-state index contributed by atoms with van der Waals surface area (Å²) in [4.78, 5) is 26.9. The number of carbonyl (C=O) groups is 2. The molecule has 2 heterocycles. The molecule has 4 nitrogen and oxygen atoms in total. The number of likely N-dealkylation sites (tertiary alicyclic amines) is 1. The zero-order chi connectivity index (χ0) is 16.2. The first kappa shape index (κ1) is 15.7. The second-order valence-electron chi connectivity index (χ2n) is 5.90. The van der Waals surface area contributed by atoms with E-state index < -0.39 is 0 Å². The van der Waals surface area contributed by atoms with Gasteiger partial charge in [-0.3, -0.25) is 9.59 Å². The number of amides is 2. The van der Waals surface area contributed by atoms with Crippen molar-refractivity contribution in [1.82, 2.24) is 4.90 Å². The predicted octanol–water partition coefficient (Wildman–Crippen LogP) is 3.47. The monoisotopic (exact) mass is 328 g/mol. The van der Waals surface area contributed by atoms with Crippen LogP contribution >= 0.6 is 11.3 Å². The van der Waals surface area contributed by atoms with Gasteiger partial charge in [0.05, 0.1) is 11.3 Å². The van der Waals surface area contributed by atoms with Crippen LogP contribution in [0.2, 0.25) is 0 Å². The standard InChI is InChI=1S/C18H20N2O2S/c1-13-10-16(23-12-13)18(22)19-15-6-4-14(5-7-15)11-17(21)20-8-2-3-9-20/h4-7,10,12H,2-3,8-9,11H2,1H3,(H,19,22). The average molecular weight is 328 g/mol. The number of anilines is 1. The van der Waals surface area contributed by atoms with Crippen molar-refractivity contribution in [2.24, 2.45) is 0 Å². The van der Waals surface area contributed by atoms with Gasteiger partial charge in [-0.15, -0.1) is 11.3 Å². The van der Waals surface area contributed by atoms with Crippen molar-refractivity contribution in [1.29, 1.82) is 0 Å². The minimum Gasteiger partial charge on any atom is -0.342 e. The van der Waals surface area contributed by atoms with Crippen molar-refractivity contribution in [2.45, 2.75) is 26.2 Å². The van der Waals surface area contributed by atoms with Gasteiger partial charge in [0.15, 0.2) is 0 Å². The van der Waals surface area contributed by atoms with E-state index in [-0.39, 0.29) is 11.8 Å². The normalized spacial score (nSPS) is 14.0. The molecule has 0 atom stereocenters. The molecule has 1 fully saturated rings. The molecule has 3 rings (SSSR count). The fraction of sp³-hybridized carbons (Fsp3) is 0.333. The maximum absolute atomic E-state index is 12.1. The van der Waals surface area contributed by atoms with Crippen LogP contribution in [0.3, 0.4) is 0 Å². The summed E-state index contributed by atoms with van der Waals surface area (Å²) >= 11 is 1.44. The molecule has 1 saturated heterocycles. The van der Waals surface area contributed by atoms with E-state index in [1.165, 1.54) is 11.3 Å². The Balaban J connectivity index is 1.58. The number of hydrogen-bond donors (Lipinski definition) is 1. The highest BCUT2D eigenvalue weighted by molar-refractivity contribution is 7.12. The Bertz CT molecular complexity index is 700. The van der Waals surface area contributed by atoms with Crippen LogP contribution in [0.15, 0.2) is 35.7 Å². The molecule has 0 radical (unpaired) electrons. The molecular formula is C18H20N2O2S. The molecule has 2 aromatic rings. The number of carbonyl (C=O) groups excluding carboxylic acids is 2. The van der Waals surface area contributed by atoms with Crippen LogP contribution in [0, 0.1) is 6.92 Å². The van der Waals surface area contributed by atoms with Crippen LogP contribution in [-0.2, 0) is 11.2 Å². The molecule has 0 bridgehead atoms. The number of nitrogens with zero attached hydrogens (tertiary/aromatic N) is 1. The van der Waals surface area contributed by atoms with Gasteiger partial charge in [0, 0.05) is 18.8 Å². The largest absolute Gasteiger partial charge is 0.342 e. The van der Waals surface area contributed by atoms with Crippen LogP contribution in [-0.4, -0.2) is 29.8 Å². The van der Waals surface area contributed by atoms with Crippen LogP contribution < -0.4 is 5.32 Å². The van der Waals surface area contributed by atoms with Crippen molar-refractivity contribution in [3.05, 3.63) is 51.7 Å². The molecule has 5 heteroatoms. The van der Waals surface area contributed by atoms with Gasteiger partial charge in [0.1, 0.15) is 0 Å². The van der Waals surface area contributed by atoms with E-state index in [0.29, 0.717) is 11.3 Å². The minimum atomic E-state index is -0.0935. The summed E-state index contributed by atoms with van der Waals surface area (Å²) in [6.45, 7) is 3.74. The van der Waals surface area contributed by atoms with Crippen LogP contribution in [0.25, 0.3) is 0 Å². The Morgan fingerprint density at radius 3 is 2.48 bits per heavy atom. The maximum atomic E-state index is 12.1. The number of rotatable bonds is 4. The number of benzene rings is 1. The second kappa shape index (κ2) is 6.96. The summed E-state index contributed by atoms with van der Waals surface area (Å²) in [5.74, 6) is 0.0948. The number of hydrogen-bond acceptors (Lipinski definition) is 3. The van der Waals surface area contributed by atoms with Crippen molar-refractivity contribution >= 4 is 28.8 Å². The highest BCUT2D eigenvalue weighted by atomic mass is 32.1. The van der Waals surface area contributed by atoms with Crippen molar-refractivity contribution in [3.8, 4) is 0 Å². The van der Waals surface area contributed by atoms with Gasteiger partial charge in [-0.2, -0.15) is 0 Å². The van der Waals surface area contributed by atoms with E-state index in [1.54, 1.807) is 0 Å². The summed E-state index contributed by atoms with van der Waals surface area (Å²) in [5, 5.41) is 4.84. The van der Waals surface area contributed by atoms with Crippen LogP contribution in [0.1, 0.15) is 33.6 Å². The second-order valence-corrected chi connectivity index (χ2v) is 6.82. The van der Waals surface area contributed by atoms with Gasteiger partial charge in [-0.1, -0.05) is 12.1 Å². The molecule has 23 heavy (non-hydrogen) atoms. The van der Waals surface area contributed by atoms with Gasteiger partial charge >= 0.3 is 0 Å². The van der Waals surface area contributed by atoms with Crippen molar-refractivity contribution in [3.63, 3.8) is 0 Å². The zero-order valence-corrected chi connectivity index (χ0v) is 14.0. The molecule has 1 N–H and O–H groups in total. The maximum Gasteiger partial charge on any atom is 0.265 e. The topological polar surface area (TPSA) is 49.4 Å². The number of aryl methyl sites for hydroxylation is 1. The molecule has 1 aromatic carbocycles. The van der Waals surface area contributed by atoms with Crippen LogP contribution in [0.5, 0.6) is 0 Å². The molecule has 0 aliphatic carbocycles. The molecule has 0 unspecified atom stereocenters. The lowest BCUT2D eigenvalue weighted by Crippen LogP contribution is -2.29. The van der Waals surface area contributed by atoms with E-state index >= 15 is 0 Å². The Labute approximate surface area is 140 Å². The third-order valence-electron chi connectivity index (χ3n) is 3.98. The van der Waals surface area contributed by atoms with Crippen molar-refractivity contribution in [2.75, 3.05) is 18.4 Å². The fourth-order valence-corrected chi connectivity index (χ4v) is 3.49. The summed E-state index contributed by atoms with van der Waals surface area (Å²) in [6, 6.07) is 9.39. The van der Waals surface area contributed by atoms with Gasteiger partial charge in [-0.25, -0.2) is 0 Å². The Morgan fingerprint density at radius 1 is 1.17 bits per heavy atom. The number of thiophene rings is 1. The van der Waals surface area contributed by atoms with Gasteiger partial charge < -0.3 is 10.2 Å². The lowest BCUT2D eigenvalue weighted by atomic mass is 10.1. The van der Waals surface area contributed by atoms with Crippen molar-refractivity contribution < 1.29 is 9.59 Å². The lowest BCUT2D eigenvalue weighted by molar-refractivity contribution is -0.129. The molecule has 120 valence electrons. The lowest BCUT2D eigenvalue weighted by Gasteiger charge is -2.15. The average Bonchev–Trinajstić information content (AvgIpc) is 3.20. The Morgan fingerprint density at radius 2 is 1.87 bits per heavy atom. The quantitative estimate of drug-likeness (QED) is 0.934. The molecule has 1 aliphatic rings. The third kappa shape index (κ3) is 3.99. The third-order valence-corrected chi connectivity index (χ3v) is 5.03. The summed E-state index contributed by atoms with van der Waals surface area (Å²) in [5.41, 5.74) is 2.82. The minimum absolute atomic E-state index is 0.0935. The highest BCUT2D eigenvalue weighted by Crippen LogP contribution is 2.17. The van der Waals surface area contributed by atoms with Crippen LogP contribution in [0.4, 0.5) is 5.69 Å². The van der Waals surface area contributed by atoms with E-state index in [0.717, 1.165) is 42.7 Å². The summed E-state index contributed by atoms with van der Waals surface area (Å²) in [7, 11) is 0. The molecule has 1 aromatic heterocycles.